The minimum Gasteiger partial charge on any atom is -0.399 e. The average Bonchev–Trinajstić information content (AvgIpc) is 2.44. The number of benzene rings is 1. The van der Waals surface area contributed by atoms with E-state index in [-0.39, 0.29) is 5.91 Å². The van der Waals surface area contributed by atoms with Crippen LogP contribution in [-0.4, -0.2) is 31.4 Å². The topological polar surface area (TPSA) is 58.4 Å². The van der Waals surface area contributed by atoms with Crippen LogP contribution in [0, 0.1) is 11.8 Å². The summed E-state index contributed by atoms with van der Waals surface area (Å²) in [6.07, 6.45) is 5.20. The molecule has 1 aliphatic carbocycles. The molecule has 1 aromatic carbocycles. The second-order valence-corrected chi connectivity index (χ2v) is 6.52. The largest absolute Gasteiger partial charge is 0.399 e. The average molecular weight is 289 g/mol. The van der Waals surface area contributed by atoms with Crippen molar-refractivity contribution in [3.8, 4) is 0 Å². The number of nitrogens with one attached hydrogen (secondary N) is 1. The van der Waals surface area contributed by atoms with E-state index in [2.05, 4.69) is 12.2 Å². The highest BCUT2D eigenvalue weighted by Gasteiger charge is 2.20. The molecule has 2 rings (SSSR count). The van der Waals surface area contributed by atoms with Gasteiger partial charge >= 0.3 is 0 Å². The van der Waals surface area contributed by atoms with Crippen LogP contribution in [0.25, 0.3) is 0 Å². The Hall–Kier alpha value is -1.71. The summed E-state index contributed by atoms with van der Waals surface area (Å²) in [4.78, 5) is 13.8. The van der Waals surface area contributed by atoms with E-state index in [9.17, 15) is 4.79 Å². The monoisotopic (exact) mass is 289 g/mol. The minimum atomic E-state index is 0.00881. The normalized spacial score (nSPS) is 21.9. The van der Waals surface area contributed by atoms with Crippen molar-refractivity contribution in [3.63, 3.8) is 0 Å². The highest BCUT2D eigenvalue weighted by Crippen LogP contribution is 2.29. The number of rotatable bonds is 4. The highest BCUT2D eigenvalue weighted by molar-refractivity contribution is 6.00. The Balaban J connectivity index is 2.07. The molecule has 21 heavy (non-hydrogen) atoms. The van der Waals surface area contributed by atoms with E-state index < -0.39 is 0 Å². The first-order valence-electron chi connectivity index (χ1n) is 7.82. The van der Waals surface area contributed by atoms with Crippen LogP contribution in [0.5, 0.6) is 0 Å². The van der Waals surface area contributed by atoms with Crippen LogP contribution in [0.15, 0.2) is 18.2 Å². The van der Waals surface area contributed by atoms with Gasteiger partial charge in [-0.05, 0) is 42.9 Å². The van der Waals surface area contributed by atoms with Gasteiger partial charge in [-0.15, -0.1) is 0 Å². The predicted octanol–water partition coefficient (Wildman–Crippen LogP) is 3.21. The zero-order chi connectivity index (χ0) is 15.4. The molecule has 116 valence electrons. The van der Waals surface area contributed by atoms with Crippen LogP contribution in [0.3, 0.4) is 0 Å². The summed E-state index contributed by atoms with van der Waals surface area (Å²) in [6, 6.07) is 5.46. The fourth-order valence-corrected chi connectivity index (χ4v) is 3.13. The van der Waals surface area contributed by atoms with E-state index >= 15 is 0 Å². The van der Waals surface area contributed by atoms with Gasteiger partial charge in [-0.2, -0.15) is 0 Å². The summed E-state index contributed by atoms with van der Waals surface area (Å²) >= 11 is 0. The molecular formula is C17H27N3O. The zero-order valence-corrected chi connectivity index (χ0v) is 13.4. The van der Waals surface area contributed by atoms with Crippen LogP contribution in [0.2, 0.25) is 0 Å². The number of carbonyl (C=O) groups excluding carboxylic acids is 1. The number of nitrogen functional groups attached to an aromatic ring is 1. The second kappa shape index (κ2) is 6.83. The summed E-state index contributed by atoms with van der Waals surface area (Å²) in [5.41, 5.74) is 8.10. The fraction of sp³-hybridized carbons (Fsp3) is 0.588. The van der Waals surface area contributed by atoms with Crippen LogP contribution in [0.4, 0.5) is 11.4 Å². The Morgan fingerprint density at radius 3 is 2.81 bits per heavy atom. The second-order valence-electron chi connectivity index (χ2n) is 6.52. The molecule has 3 N–H and O–H groups in total. The fourth-order valence-electron chi connectivity index (χ4n) is 3.13. The molecule has 1 saturated carbocycles. The molecule has 2 atom stereocenters. The molecule has 0 radical (unpaired) electrons. The van der Waals surface area contributed by atoms with Gasteiger partial charge in [0.1, 0.15) is 0 Å². The van der Waals surface area contributed by atoms with Crippen molar-refractivity contribution in [1.29, 1.82) is 0 Å². The molecule has 4 heteroatoms. The number of hydrogen-bond donors (Lipinski definition) is 2. The molecule has 4 nitrogen and oxygen atoms in total. The summed E-state index contributed by atoms with van der Waals surface area (Å²) in [5, 5.41) is 3.45. The Morgan fingerprint density at radius 2 is 2.14 bits per heavy atom. The lowest BCUT2D eigenvalue weighted by molar-refractivity contribution is 0.0828. The third kappa shape index (κ3) is 4.13. The maximum atomic E-state index is 12.2. The molecule has 0 aliphatic heterocycles. The van der Waals surface area contributed by atoms with E-state index in [1.807, 2.05) is 12.1 Å². The zero-order valence-electron chi connectivity index (χ0n) is 13.4. The van der Waals surface area contributed by atoms with Crippen LogP contribution < -0.4 is 11.1 Å². The van der Waals surface area contributed by atoms with Crippen molar-refractivity contribution < 1.29 is 4.79 Å². The molecule has 1 aliphatic rings. The number of carbonyl (C=O) groups is 1. The third-order valence-electron chi connectivity index (χ3n) is 4.31. The summed E-state index contributed by atoms with van der Waals surface area (Å²) in [6.45, 7) is 3.25. The van der Waals surface area contributed by atoms with Gasteiger partial charge in [0.25, 0.3) is 5.91 Å². The van der Waals surface area contributed by atoms with E-state index in [0.717, 1.165) is 18.2 Å². The molecule has 1 amide bonds. The highest BCUT2D eigenvalue weighted by atomic mass is 16.2. The predicted molar refractivity (Wildman–Crippen MR) is 88.5 cm³/mol. The van der Waals surface area contributed by atoms with Crippen molar-refractivity contribution in [2.24, 2.45) is 11.8 Å². The van der Waals surface area contributed by atoms with Crippen molar-refractivity contribution in [3.05, 3.63) is 23.8 Å². The number of anilines is 2. The van der Waals surface area contributed by atoms with Crippen LogP contribution >= 0.6 is 0 Å². The van der Waals surface area contributed by atoms with Gasteiger partial charge in [0.2, 0.25) is 0 Å². The van der Waals surface area contributed by atoms with Gasteiger partial charge in [-0.3, -0.25) is 4.79 Å². The molecule has 0 saturated heterocycles. The molecule has 1 fully saturated rings. The quantitative estimate of drug-likeness (QED) is 0.837. The molecule has 0 heterocycles. The van der Waals surface area contributed by atoms with Crippen molar-refractivity contribution >= 4 is 17.3 Å². The van der Waals surface area contributed by atoms with Gasteiger partial charge < -0.3 is 16.0 Å². The van der Waals surface area contributed by atoms with Crippen molar-refractivity contribution in [2.75, 3.05) is 31.7 Å². The summed E-state index contributed by atoms with van der Waals surface area (Å²) in [7, 11) is 3.54. The van der Waals surface area contributed by atoms with E-state index in [1.165, 1.54) is 25.7 Å². The first-order chi connectivity index (χ1) is 9.97. The Bertz CT molecular complexity index is 499. The lowest BCUT2D eigenvalue weighted by Crippen LogP contribution is -2.25. The van der Waals surface area contributed by atoms with Gasteiger partial charge in [0.05, 0.1) is 5.56 Å². The smallest absolute Gasteiger partial charge is 0.255 e. The summed E-state index contributed by atoms with van der Waals surface area (Å²) in [5.74, 6) is 1.52. The van der Waals surface area contributed by atoms with E-state index in [1.54, 1.807) is 25.1 Å². The third-order valence-corrected chi connectivity index (χ3v) is 4.31. The first-order valence-corrected chi connectivity index (χ1v) is 7.82. The van der Waals surface area contributed by atoms with Gasteiger partial charge in [0, 0.05) is 32.0 Å². The van der Waals surface area contributed by atoms with Crippen molar-refractivity contribution in [2.45, 2.75) is 32.6 Å². The number of amides is 1. The summed E-state index contributed by atoms with van der Waals surface area (Å²) < 4.78 is 0. The molecule has 1 aromatic rings. The lowest BCUT2D eigenvalue weighted by Gasteiger charge is -2.27. The lowest BCUT2D eigenvalue weighted by atomic mass is 9.82. The standard InChI is InChI=1S/C17H27N3O/c1-12-5-4-6-13(9-12)11-19-16-10-14(18)7-8-15(16)17(21)20(2)3/h7-8,10,12-13,19H,4-6,9,11,18H2,1-3H3. The Labute approximate surface area is 127 Å². The van der Waals surface area contributed by atoms with Gasteiger partial charge in [0.15, 0.2) is 0 Å². The number of hydrogen-bond acceptors (Lipinski definition) is 3. The molecule has 0 aromatic heterocycles. The Kier molecular flexibility index (Phi) is 5.10. The molecule has 2 unspecified atom stereocenters. The van der Waals surface area contributed by atoms with Gasteiger partial charge in [-0.25, -0.2) is 0 Å². The minimum absolute atomic E-state index is 0.00881. The maximum Gasteiger partial charge on any atom is 0.255 e. The van der Waals surface area contributed by atoms with Crippen molar-refractivity contribution in [1.82, 2.24) is 4.90 Å². The van der Waals surface area contributed by atoms with Gasteiger partial charge in [-0.1, -0.05) is 19.8 Å². The molecule has 0 spiro atoms. The SMILES string of the molecule is CC1CCCC(CNc2cc(N)ccc2C(=O)N(C)C)C1. The maximum absolute atomic E-state index is 12.2. The number of nitrogens with zero attached hydrogens (tertiary/aromatic N) is 1. The molecular weight excluding hydrogens is 262 g/mol. The first kappa shape index (κ1) is 15.7. The number of nitrogens with two attached hydrogens (primary N) is 1. The van der Waals surface area contributed by atoms with E-state index in [0.29, 0.717) is 17.2 Å². The van der Waals surface area contributed by atoms with E-state index in [4.69, 9.17) is 5.73 Å². The molecule has 0 bridgehead atoms. The van der Waals surface area contributed by atoms with Crippen LogP contribution in [-0.2, 0) is 0 Å². The van der Waals surface area contributed by atoms with Crippen LogP contribution in [0.1, 0.15) is 43.0 Å². The Morgan fingerprint density at radius 1 is 1.38 bits per heavy atom.